The number of halogens is 1. The van der Waals surface area contributed by atoms with Crippen molar-refractivity contribution in [2.45, 2.75) is 11.7 Å². The third-order valence-electron chi connectivity index (χ3n) is 2.44. The van der Waals surface area contributed by atoms with Gasteiger partial charge >= 0.3 is 5.97 Å². The molecule has 0 aliphatic carbocycles. The first-order valence-corrected chi connectivity index (χ1v) is 6.77. The lowest BCUT2D eigenvalue weighted by Gasteiger charge is -2.11. The second-order valence-electron chi connectivity index (χ2n) is 3.72. The molecule has 1 atom stereocenters. The molecule has 1 aromatic rings. The van der Waals surface area contributed by atoms with E-state index in [1.54, 1.807) is 19.2 Å². The standard InChI is InChI=1S/C12H13ClN2O2S/c1-14-12(18-10-6-7-17-11(10)16)15-9-4-2-8(13)3-5-9/h2-5,10H,6-7H2,1H3,(H,14,15). The van der Waals surface area contributed by atoms with E-state index < -0.39 is 0 Å². The lowest BCUT2D eigenvalue weighted by atomic mass is 10.3. The van der Waals surface area contributed by atoms with E-state index in [2.05, 4.69) is 10.3 Å². The van der Waals surface area contributed by atoms with Gasteiger partial charge in [-0.3, -0.25) is 9.79 Å². The molecule has 0 spiro atoms. The van der Waals surface area contributed by atoms with Crippen LogP contribution in [0.25, 0.3) is 0 Å². The minimum absolute atomic E-state index is 0.163. The second-order valence-corrected chi connectivity index (χ2v) is 5.35. The van der Waals surface area contributed by atoms with E-state index in [1.807, 2.05) is 12.1 Å². The molecule has 0 amide bonds. The first kappa shape index (κ1) is 13.2. The average molecular weight is 285 g/mol. The molecule has 1 fully saturated rings. The van der Waals surface area contributed by atoms with Crippen LogP contribution in [-0.4, -0.2) is 30.0 Å². The third-order valence-corrected chi connectivity index (χ3v) is 3.91. The SMILES string of the molecule is CN=C(Nc1ccc(Cl)cc1)SC1CCOC1=O. The predicted molar refractivity (Wildman–Crippen MR) is 75.4 cm³/mol. The molecule has 1 aromatic carbocycles. The molecule has 1 unspecified atom stereocenters. The summed E-state index contributed by atoms with van der Waals surface area (Å²) in [5.74, 6) is -0.168. The molecular weight excluding hydrogens is 272 g/mol. The van der Waals surface area contributed by atoms with Crippen molar-refractivity contribution >= 4 is 40.2 Å². The minimum atomic E-state index is -0.168. The largest absolute Gasteiger partial charge is 0.465 e. The monoisotopic (exact) mass is 284 g/mol. The number of hydrogen-bond acceptors (Lipinski definition) is 4. The molecule has 1 N–H and O–H groups in total. The Morgan fingerprint density at radius 3 is 2.78 bits per heavy atom. The summed E-state index contributed by atoms with van der Waals surface area (Å²) in [6.45, 7) is 0.494. The highest BCUT2D eigenvalue weighted by atomic mass is 35.5. The number of esters is 1. The van der Waals surface area contributed by atoms with Crippen LogP contribution in [0, 0.1) is 0 Å². The van der Waals surface area contributed by atoms with Crippen LogP contribution >= 0.6 is 23.4 Å². The van der Waals surface area contributed by atoms with Crippen LogP contribution in [0.4, 0.5) is 5.69 Å². The molecular formula is C12H13ClN2O2S. The highest BCUT2D eigenvalue weighted by molar-refractivity contribution is 8.15. The number of ether oxygens (including phenoxy) is 1. The highest BCUT2D eigenvalue weighted by Gasteiger charge is 2.28. The Labute approximate surface area is 115 Å². The molecule has 6 heteroatoms. The number of amidine groups is 1. The van der Waals surface area contributed by atoms with Gasteiger partial charge in [-0.1, -0.05) is 23.4 Å². The van der Waals surface area contributed by atoms with Gasteiger partial charge in [0.25, 0.3) is 0 Å². The number of thioether (sulfide) groups is 1. The molecule has 96 valence electrons. The van der Waals surface area contributed by atoms with E-state index in [1.165, 1.54) is 11.8 Å². The lowest BCUT2D eigenvalue weighted by Crippen LogP contribution is -2.17. The van der Waals surface area contributed by atoms with Crippen molar-refractivity contribution < 1.29 is 9.53 Å². The van der Waals surface area contributed by atoms with Gasteiger partial charge in [0.2, 0.25) is 0 Å². The van der Waals surface area contributed by atoms with Gasteiger partial charge in [-0.15, -0.1) is 0 Å². The number of carbonyl (C=O) groups is 1. The fraction of sp³-hybridized carbons (Fsp3) is 0.333. The number of nitrogens with zero attached hydrogens (tertiary/aromatic N) is 1. The smallest absolute Gasteiger partial charge is 0.319 e. The molecule has 18 heavy (non-hydrogen) atoms. The summed E-state index contributed by atoms with van der Waals surface area (Å²) in [6, 6.07) is 7.32. The van der Waals surface area contributed by atoms with Crippen LogP contribution < -0.4 is 5.32 Å². The zero-order valence-corrected chi connectivity index (χ0v) is 11.4. The van der Waals surface area contributed by atoms with Crippen molar-refractivity contribution in [2.24, 2.45) is 4.99 Å². The topological polar surface area (TPSA) is 50.7 Å². The number of carbonyl (C=O) groups excluding carboxylic acids is 1. The van der Waals surface area contributed by atoms with Gasteiger partial charge in [-0.05, 0) is 24.3 Å². The molecule has 0 saturated carbocycles. The van der Waals surface area contributed by atoms with Crippen LogP contribution in [0.1, 0.15) is 6.42 Å². The molecule has 0 aromatic heterocycles. The van der Waals surface area contributed by atoms with Gasteiger partial charge in [-0.2, -0.15) is 0 Å². The van der Waals surface area contributed by atoms with Crippen LogP contribution in [-0.2, 0) is 9.53 Å². The summed E-state index contributed by atoms with van der Waals surface area (Å²) in [6.07, 6.45) is 0.727. The van der Waals surface area contributed by atoms with E-state index >= 15 is 0 Å². The number of nitrogens with one attached hydrogen (secondary N) is 1. The Balaban J connectivity index is 1.97. The first-order chi connectivity index (χ1) is 8.69. The average Bonchev–Trinajstić information content (AvgIpc) is 2.77. The molecule has 1 aliphatic rings. The molecule has 2 rings (SSSR count). The maximum absolute atomic E-state index is 11.4. The van der Waals surface area contributed by atoms with Crippen molar-refractivity contribution in [2.75, 3.05) is 19.0 Å². The van der Waals surface area contributed by atoms with Crippen LogP contribution in [0.2, 0.25) is 5.02 Å². The summed E-state index contributed by atoms with van der Waals surface area (Å²) >= 11 is 7.21. The maximum atomic E-state index is 11.4. The zero-order valence-electron chi connectivity index (χ0n) is 9.85. The number of anilines is 1. The first-order valence-electron chi connectivity index (χ1n) is 5.51. The second kappa shape index (κ2) is 6.11. The number of benzene rings is 1. The predicted octanol–water partition coefficient (Wildman–Crippen LogP) is 2.79. The zero-order chi connectivity index (χ0) is 13.0. The highest BCUT2D eigenvalue weighted by Crippen LogP contribution is 2.24. The molecule has 1 heterocycles. The van der Waals surface area contributed by atoms with E-state index in [4.69, 9.17) is 16.3 Å². The molecule has 1 aliphatic heterocycles. The lowest BCUT2D eigenvalue weighted by molar-refractivity contribution is -0.137. The number of rotatable bonds is 2. The van der Waals surface area contributed by atoms with Gasteiger partial charge in [0.1, 0.15) is 5.25 Å². The fourth-order valence-corrected chi connectivity index (χ4v) is 2.57. The Kier molecular flexibility index (Phi) is 4.49. The maximum Gasteiger partial charge on any atom is 0.319 e. The van der Waals surface area contributed by atoms with Gasteiger partial charge in [0.15, 0.2) is 5.17 Å². The summed E-state index contributed by atoms with van der Waals surface area (Å²) in [7, 11) is 1.69. The van der Waals surface area contributed by atoms with E-state index in [0.29, 0.717) is 16.8 Å². The van der Waals surface area contributed by atoms with Gasteiger partial charge in [0.05, 0.1) is 6.61 Å². The normalized spacial score (nSPS) is 19.8. The van der Waals surface area contributed by atoms with Crippen molar-refractivity contribution in [1.82, 2.24) is 0 Å². The third kappa shape index (κ3) is 3.40. The number of aliphatic imine (C=N–C) groups is 1. The van der Waals surface area contributed by atoms with Gasteiger partial charge in [-0.25, -0.2) is 0 Å². The van der Waals surface area contributed by atoms with Crippen molar-refractivity contribution in [1.29, 1.82) is 0 Å². The van der Waals surface area contributed by atoms with Crippen molar-refractivity contribution in [3.63, 3.8) is 0 Å². The fourth-order valence-electron chi connectivity index (χ4n) is 1.51. The van der Waals surface area contributed by atoms with E-state index in [0.717, 1.165) is 12.1 Å². The summed E-state index contributed by atoms with van der Waals surface area (Å²) in [5.41, 5.74) is 0.888. The molecule has 1 saturated heterocycles. The Morgan fingerprint density at radius 2 is 2.22 bits per heavy atom. The Bertz CT molecular complexity index is 462. The van der Waals surface area contributed by atoms with Crippen LogP contribution in [0.5, 0.6) is 0 Å². The quantitative estimate of drug-likeness (QED) is 0.515. The summed E-state index contributed by atoms with van der Waals surface area (Å²) in [5, 5.41) is 4.36. The van der Waals surface area contributed by atoms with Gasteiger partial charge in [0, 0.05) is 24.2 Å². The summed E-state index contributed by atoms with van der Waals surface area (Å²) in [4.78, 5) is 15.5. The molecule has 0 radical (unpaired) electrons. The Hall–Kier alpha value is -1.20. The van der Waals surface area contributed by atoms with E-state index in [-0.39, 0.29) is 11.2 Å². The van der Waals surface area contributed by atoms with Crippen molar-refractivity contribution in [3.05, 3.63) is 29.3 Å². The summed E-state index contributed by atoms with van der Waals surface area (Å²) < 4.78 is 4.92. The molecule has 4 nitrogen and oxygen atoms in total. The number of cyclic esters (lactones) is 1. The van der Waals surface area contributed by atoms with Gasteiger partial charge < -0.3 is 10.1 Å². The minimum Gasteiger partial charge on any atom is -0.465 e. The van der Waals surface area contributed by atoms with Crippen LogP contribution in [0.3, 0.4) is 0 Å². The number of hydrogen-bond donors (Lipinski definition) is 1. The van der Waals surface area contributed by atoms with Crippen molar-refractivity contribution in [3.8, 4) is 0 Å². The van der Waals surface area contributed by atoms with Crippen LogP contribution in [0.15, 0.2) is 29.3 Å². The Morgan fingerprint density at radius 1 is 1.50 bits per heavy atom. The van der Waals surface area contributed by atoms with E-state index in [9.17, 15) is 4.79 Å². The molecule has 0 bridgehead atoms.